The first-order valence-corrected chi connectivity index (χ1v) is 14.9. The van der Waals surface area contributed by atoms with Gasteiger partial charge in [0.25, 0.3) is 5.91 Å². The third-order valence-corrected chi connectivity index (χ3v) is 7.68. The molecule has 1 unspecified atom stereocenters. The van der Waals surface area contributed by atoms with Gasteiger partial charge in [0.05, 0.1) is 0 Å². The summed E-state index contributed by atoms with van der Waals surface area (Å²) >= 11 is 0. The van der Waals surface area contributed by atoms with Gasteiger partial charge >= 0.3 is 0 Å². The number of likely N-dealkylation sites (N-methyl/N-ethyl adjacent to an activating group) is 1. The van der Waals surface area contributed by atoms with E-state index in [1.807, 2.05) is 104 Å². The Kier molecular flexibility index (Phi) is 9.86. The first-order valence-electron chi connectivity index (χ1n) is 14.9. The molecule has 2 aliphatic rings. The van der Waals surface area contributed by atoms with E-state index < -0.39 is 0 Å². The van der Waals surface area contributed by atoms with E-state index in [1.165, 1.54) is 0 Å². The zero-order valence-electron chi connectivity index (χ0n) is 24.9. The van der Waals surface area contributed by atoms with Crippen LogP contribution in [0.25, 0.3) is 11.1 Å². The van der Waals surface area contributed by atoms with Crippen molar-refractivity contribution in [2.45, 2.75) is 26.8 Å². The number of Topliss-reactive ketones (excluding diaryl/α,β-unsaturated/α-hetero) is 1. The highest BCUT2D eigenvalue weighted by Crippen LogP contribution is 2.25. The predicted octanol–water partition coefficient (Wildman–Crippen LogP) is 7.90. The van der Waals surface area contributed by atoms with Crippen molar-refractivity contribution in [3.05, 3.63) is 150 Å². The molecular weight excluding hydrogens is 532 g/mol. The molecule has 0 bridgehead atoms. The second-order valence-electron chi connectivity index (χ2n) is 10.8. The second-order valence-corrected chi connectivity index (χ2v) is 10.8. The summed E-state index contributed by atoms with van der Waals surface area (Å²) in [6.45, 7) is 5.89. The molecule has 5 heteroatoms. The molecule has 1 heterocycles. The quantitative estimate of drug-likeness (QED) is 0.233. The van der Waals surface area contributed by atoms with Crippen LogP contribution in [0.5, 0.6) is 0 Å². The molecule has 218 valence electrons. The van der Waals surface area contributed by atoms with Gasteiger partial charge in [-0.3, -0.25) is 9.59 Å². The summed E-state index contributed by atoms with van der Waals surface area (Å²) in [6, 6.07) is 26.0. The summed E-state index contributed by atoms with van der Waals surface area (Å²) < 4.78 is 5.85. The van der Waals surface area contributed by atoms with Gasteiger partial charge in [0.2, 0.25) is 0 Å². The highest BCUT2D eigenvalue weighted by Gasteiger charge is 2.20. The predicted molar refractivity (Wildman–Crippen MR) is 174 cm³/mol. The first-order chi connectivity index (χ1) is 21.0. The number of allylic oxidation sites excluding steroid dienone is 7. The molecule has 3 aromatic rings. The monoisotopic (exact) mass is 570 g/mol. The molecule has 0 N–H and O–H groups in total. The summed E-state index contributed by atoms with van der Waals surface area (Å²) in [7, 11) is 0. The van der Waals surface area contributed by atoms with E-state index in [0.717, 1.165) is 28.0 Å². The number of benzene rings is 3. The van der Waals surface area contributed by atoms with Crippen LogP contribution in [-0.4, -0.2) is 36.3 Å². The second kappa shape index (κ2) is 14.3. The van der Waals surface area contributed by atoms with Crippen LogP contribution >= 0.6 is 0 Å². The lowest BCUT2D eigenvalue weighted by Crippen LogP contribution is -2.35. The van der Waals surface area contributed by atoms with Gasteiger partial charge in [0, 0.05) is 36.5 Å². The van der Waals surface area contributed by atoms with E-state index in [2.05, 4.69) is 42.2 Å². The molecule has 43 heavy (non-hydrogen) atoms. The average molecular weight is 571 g/mol. The number of carbonyl (C=O) groups excluding carboxylic acids is 2. The summed E-state index contributed by atoms with van der Waals surface area (Å²) in [4.78, 5) is 30.6. The zero-order chi connectivity index (χ0) is 30.0. The number of anilines is 1. The molecule has 0 aromatic heterocycles. The fraction of sp³-hybridized carbons (Fsp3) is 0.211. The smallest absolute Gasteiger partial charge is 0.264 e. The van der Waals surface area contributed by atoms with Crippen molar-refractivity contribution in [2.24, 2.45) is 5.92 Å². The van der Waals surface area contributed by atoms with E-state index in [-0.39, 0.29) is 18.3 Å². The minimum absolute atomic E-state index is 0.0358. The van der Waals surface area contributed by atoms with E-state index >= 15 is 0 Å². The number of hydrogen-bond acceptors (Lipinski definition) is 4. The van der Waals surface area contributed by atoms with Crippen LogP contribution in [0, 0.1) is 5.92 Å². The fourth-order valence-corrected chi connectivity index (χ4v) is 5.27. The van der Waals surface area contributed by atoms with Crippen LogP contribution in [0.1, 0.15) is 36.2 Å². The van der Waals surface area contributed by atoms with Crippen molar-refractivity contribution in [1.82, 2.24) is 4.90 Å². The number of rotatable bonds is 10. The molecule has 0 fully saturated rings. The van der Waals surface area contributed by atoms with Gasteiger partial charge in [-0.25, -0.2) is 0 Å². The number of ether oxygens (including phenoxy) is 1. The summed E-state index contributed by atoms with van der Waals surface area (Å²) in [5, 5.41) is 0. The number of nitrogens with zero attached hydrogens (tertiary/aromatic N) is 2. The van der Waals surface area contributed by atoms with Crippen LogP contribution in [0.15, 0.2) is 139 Å². The minimum Gasteiger partial charge on any atom is -0.484 e. The van der Waals surface area contributed by atoms with E-state index in [0.29, 0.717) is 43.3 Å². The van der Waals surface area contributed by atoms with Gasteiger partial charge in [-0.05, 0) is 66.4 Å². The summed E-state index contributed by atoms with van der Waals surface area (Å²) in [5.41, 5.74) is 5.61. The summed E-state index contributed by atoms with van der Waals surface area (Å²) in [5.74, 6) is 0.969. The lowest BCUT2D eigenvalue weighted by atomic mass is 9.97. The van der Waals surface area contributed by atoms with Gasteiger partial charge in [0.1, 0.15) is 5.76 Å². The Labute approximate surface area is 254 Å². The van der Waals surface area contributed by atoms with Crippen molar-refractivity contribution in [3.8, 4) is 11.1 Å². The van der Waals surface area contributed by atoms with Gasteiger partial charge in [-0.2, -0.15) is 0 Å². The third kappa shape index (κ3) is 7.69. The van der Waals surface area contributed by atoms with Crippen LogP contribution < -0.4 is 4.90 Å². The van der Waals surface area contributed by atoms with Crippen LogP contribution in [0.2, 0.25) is 0 Å². The van der Waals surface area contributed by atoms with Crippen molar-refractivity contribution < 1.29 is 14.3 Å². The van der Waals surface area contributed by atoms with Crippen molar-refractivity contribution in [2.75, 3.05) is 24.6 Å². The number of carbonyl (C=O) groups is 2. The Balaban J connectivity index is 1.20. The molecule has 1 amide bonds. The molecule has 0 saturated heterocycles. The van der Waals surface area contributed by atoms with Crippen LogP contribution in [0.4, 0.5) is 5.69 Å². The summed E-state index contributed by atoms with van der Waals surface area (Å²) in [6.07, 6.45) is 16.4. The molecule has 1 atom stereocenters. The van der Waals surface area contributed by atoms with Gasteiger partial charge < -0.3 is 14.5 Å². The molecule has 0 saturated carbocycles. The maximum absolute atomic E-state index is 13.3. The Morgan fingerprint density at radius 2 is 1.63 bits per heavy atom. The Hall–Kier alpha value is -4.90. The highest BCUT2D eigenvalue weighted by atomic mass is 16.5. The van der Waals surface area contributed by atoms with E-state index in [4.69, 9.17) is 4.74 Å². The standard InChI is InChI=1S/C38H38N2O3/c1-3-40(37(41)28-43-35-16-9-11-29(2)18-23-35)36-17-8-7-14-34(36)27-39-25-10-15-32(24-26-39)38(42)33-21-19-31(20-22-33)30-12-5-4-6-13-30/h4-23,25,29H,3,24,26-28H2,1-2H3. The lowest BCUT2D eigenvalue weighted by molar-refractivity contribution is -0.121. The SMILES string of the molecule is CCN(C(=O)COC1=CC=CC(C)C=C1)c1ccccc1CN1C=CC=C(C(=O)c2ccc(-c3ccccc3)cc2)CC1. The highest BCUT2D eigenvalue weighted by molar-refractivity contribution is 6.09. The number of hydrogen-bond donors (Lipinski definition) is 0. The zero-order valence-corrected chi connectivity index (χ0v) is 24.9. The minimum atomic E-state index is -0.0928. The molecule has 1 aliphatic carbocycles. The number of ketones is 1. The molecule has 3 aromatic carbocycles. The number of para-hydroxylation sites is 1. The molecule has 0 radical (unpaired) electrons. The van der Waals surface area contributed by atoms with Gasteiger partial charge in [-0.1, -0.05) is 104 Å². The molecule has 1 aliphatic heterocycles. The fourth-order valence-electron chi connectivity index (χ4n) is 5.27. The Morgan fingerprint density at radius 3 is 2.42 bits per heavy atom. The Morgan fingerprint density at radius 1 is 0.884 bits per heavy atom. The number of amides is 1. The van der Waals surface area contributed by atoms with Crippen molar-refractivity contribution in [1.29, 1.82) is 0 Å². The average Bonchev–Trinajstić information content (AvgIpc) is 3.41. The molecule has 0 spiro atoms. The van der Waals surface area contributed by atoms with E-state index in [1.54, 1.807) is 4.90 Å². The molecular formula is C38H38N2O3. The van der Waals surface area contributed by atoms with Gasteiger partial charge in [0.15, 0.2) is 12.4 Å². The maximum atomic E-state index is 13.3. The Bertz CT molecular complexity index is 1580. The maximum Gasteiger partial charge on any atom is 0.264 e. The molecule has 5 rings (SSSR count). The van der Waals surface area contributed by atoms with Crippen molar-refractivity contribution in [3.63, 3.8) is 0 Å². The third-order valence-electron chi connectivity index (χ3n) is 7.68. The largest absolute Gasteiger partial charge is 0.484 e. The molecule has 5 nitrogen and oxygen atoms in total. The normalized spacial score (nSPS) is 16.1. The topological polar surface area (TPSA) is 49.9 Å². The van der Waals surface area contributed by atoms with Crippen molar-refractivity contribution >= 4 is 17.4 Å². The van der Waals surface area contributed by atoms with Crippen LogP contribution in [0.3, 0.4) is 0 Å². The lowest BCUT2D eigenvalue weighted by Gasteiger charge is -2.27. The van der Waals surface area contributed by atoms with E-state index in [9.17, 15) is 9.59 Å². The van der Waals surface area contributed by atoms with Crippen LogP contribution in [-0.2, 0) is 16.1 Å². The van der Waals surface area contributed by atoms with Gasteiger partial charge in [-0.15, -0.1) is 0 Å². The first kappa shape index (κ1) is 29.6.